The first-order valence-electron chi connectivity index (χ1n) is 5.90. The maximum atomic E-state index is 11.9. The second-order valence-electron chi connectivity index (χ2n) is 5.30. The van der Waals surface area contributed by atoms with Gasteiger partial charge in [-0.05, 0) is 46.1 Å². The molecule has 0 saturated carbocycles. The van der Waals surface area contributed by atoms with Crippen LogP contribution >= 0.6 is 0 Å². The highest BCUT2D eigenvalue weighted by Gasteiger charge is 2.34. The Balaban J connectivity index is 2.51. The summed E-state index contributed by atoms with van der Waals surface area (Å²) >= 11 is 0. The van der Waals surface area contributed by atoms with E-state index in [0.29, 0.717) is 5.92 Å². The summed E-state index contributed by atoms with van der Waals surface area (Å²) in [6.07, 6.45) is 3.33. The summed E-state index contributed by atoms with van der Waals surface area (Å²) in [5.41, 5.74) is -0.377. The summed E-state index contributed by atoms with van der Waals surface area (Å²) in [5.74, 6) is 0.378. The highest BCUT2D eigenvalue weighted by molar-refractivity contribution is 5.77. The SMILES string of the molecule is CCCC1CCNC1C(=O)OC(C)(C)C. The smallest absolute Gasteiger partial charge is 0.323 e. The molecule has 1 N–H and O–H groups in total. The minimum Gasteiger partial charge on any atom is -0.459 e. The van der Waals surface area contributed by atoms with Gasteiger partial charge in [0.15, 0.2) is 0 Å². The highest BCUT2D eigenvalue weighted by Crippen LogP contribution is 2.23. The van der Waals surface area contributed by atoms with Gasteiger partial charge in [-0.2, -0.15) is 0 Å². The third-order valence-corrected chi connectivity index (χ3v) is 2.67. The van der Waals surface area contributed by atoms with Gasteiger partial charge >= 0.3 is 5.97 Å². The molecule has 1 fully saturated rings. The molecule has 1 saturated heterocycles. The van der Waals surface area contributed by atoms with Gasteiger partial charge in [-0.25, -0.2) is 0 Å². The van der Waals surface area contributed by atoms with Crippen LogP contribution in [-0.4, -0.2) is 24.2 Å². The van der Waals surface area contributed by atoms with Crippen LogP contribution in [0.3, 0.4) is 0 Å². The Hall–Kier alpha value is -0.570. The van der Waals surface area contributed by atoms with Gasteiger partial charge in [-0.15, -0.1) is 0 Å². The van der Waals surface area contributed by atoms with E-state index in [1.54, 1.807) is 0 Å². The van der Waals surface area contributed by atoms with Crippen molar-refractivity contribution < 1.29 is 9.53 Å². The Bertz CT molecular complexity index is 220. The van der Waals surface area contributed by atoms with E-state index in [4.69, 9.17) is 4.74 Å². The van der Waals surface area contributed by atoms with Gasteiger partial charge in [-0.3, -0.25) is 4.79 Å². The molecular formula is C12H23NO2. The predicted octanol–water partition coefficient (Wildman–Crippen LogP) is 2.11. The van der Waals surface area contributed by atoms with E-state index in [2.05, 4.69) is 12.2 Å². The predicted molar refractivity (Wildman–Crippen MR) is 60.7 cm³/mol. The lowest BCUT2D eigenvalue weighted by atomic mass is 9.95. The molecule has 1 aliphatic heterocycles. The number of rotatable bonds is 3. The molecular weight excluding hydrogens is 190 g/mol. The Morgan fingerprint density at radius 1 is 1.47 bits per heavy atom. The van der Waals surface area contributed by atoms with E-state index >= 15 is 0 Å². The zero-order valence-corrected chi connectivity index (χ0v) is 10.3. The van der Waals surface area contributed by atoms with E-state index in [-0.39, 0.29) is 17.6 Å². The molecule has 3 nitrogen and oxygen atoms in total. The van der Waals surface area contributed by atoms with Gasteiger partial charge in [0.2, 0.25) is 0 Å². The number of hydrogen-bond donors (Lipinski definition) is 1. The molecule has 0 aromatic heterocycles. The zero-order chi connectivity index (χ0) is 11.5. The van der Waals surface area contributed by atoms with E-state index in [0.717, 1.165) is 25.8 Å². The first-order chi connectivity index (χ1) is 6.94. The number of carbonyl (C=O) groups excluding carboxylic acids is 1. The summed E-state index contributed by atoms with van der Waals surface area (Å²) in [7, 11) is 0. The molecule has 3 heteroatoms. The fourth-order valence-corrected chi connectivity index (χ4v) is 2.08. The second-order valence-corrected chi connectivity index (χ2v) is 5.30. The van der Waals surface area contributed by atoms with Crippen LogP contribution in [0.4, 0.5) is 0 Å². The molecule has 88 valence electrons. The summed E-state index contributed by atoms with van der Waals surface area (Å²) in [5, 5.41) is 3.24. The molecule has 0 spiro atoms. The van der Waals surface area contributed by atoms with Gasteiger partial charge < -0.3 is 10.1 Å². The van der Waals surface area contributed by atoms with E-state index in [9.17, 15) is 4.79 Å². The number of esters is 1. The normalized spacial score (nSPS) is 26.7. The van der Waals surface area contributed by atoms with Crippen molar-refractivity contribution in [3.8, 4) is 0 Å². The number of nitrogens with one attached hydrogen (secondary N) is 1. The van der Waals surface area contributed by atoms with Crippen LogP contribution in [0.15, 0.2) is 0 Å². The van der Waals surface area contributed by atoms with Crippen LogP contribution < -0.4 is 5.32 Å². The maximum Gasteiger partial charge on any atom is 0.323 e. The lowest BCUT2D eigenvalue weighted by Gasteiger charge is -2.24. The molecule has 1 heterocycles. The molecule has 2 atom stereocenters. The largest absolute Gasteiger partial charge is 0.459 e. The van der Waals surface area contributed by atoms with E-state index in [1.165, 1.54) is 0 Å². The van der Waals surface area contributed by atoms with Gasteiger partial charge in [-0.1, -0.05) is 13.3 Å². The highest BCUT2D eigenvalue weighted by atomic mass is 16.6. The monoisotopic (exact) mass is 213 g/mol. The van der Waals surface area contributed by atoms with Crippen molar-refractivity contribution in [2.24, 2.45) is 5.92 Å². The van der Waals surface area contributed by atoms with Crippen LogP contribution in [0.25, 0.3) is 0 Å². The molecule has 0 aromatic carbocycles. The fourth-order valence-electron chi connectivity index (χ4n) is 2.08. The van der Waals surface area contributed by atoms with Gasteiger partial charge in [0.1, 0.15) is 11.6 Å². The Kier molecular flexibility index (Phi) is 4.14. The topological polar surface area (TPSA) is 38.3 Å². The number of hydrogen-bond acceptors (Lipinski definition) is 3. The van der Waals surface area contributed by atoms with Crippen LogP contribution in [0.2, 0.25) is 0 Å². The average molecular weight is 213 g/mol. The fraction of sp³-hybridized carbons (Fsp3) is 0.917. The first-order valence-corrected chi connectivity index (χ1v) is 5.90. The van der Waals surface area contributed by atoms with Crippen LogP contribution in [0.1, 0.15) is 47.0 Å². The third-order valence-electron chi connectivity index (χ3n) is 2.67. The molecule has 0 aliphatic carbocycles. The van der Waals surface area contributed by atoms with Crippen LogP contribution in [0, 0.1) is 5.92 Å². The minimum atomic E-state index is -0.377. The quantitative estimate of drug-likeness (QED) is 0.730. The van der Waals surface area contributed by atoms with Crippen molar-refractivity contribution in [2.75, 3.05) is 6.54 Å². The van der Waals surface area contributed by atoms with Gasteiger partial charge in [0, 0.05) is 0 Å². The van der Waals surface area contributed by atoms with Crippen molar-refractivity contribution >= 4 is 5.97 Å². The van der Waals surface area contributed by atoms with Gasteiger partial charge in [0.05, 0.1) is 0 Å². The van der Waals surface area contributed by atoms with Crippen molar-refractivity contribution in [3.05, 3.63) is 0 Å². The molecule has 0 bridgehead atoms. The Morgan fingerprint density at radius 3 is 2.67 bits per heavy atom. The molecule has 2 unspecified atom stereocenters. The summed E-state index contributed by atoms with van der Waals surface area (Å²) in [6, 6.07) is -0.0795. The average Bonchev–Trinajstić information content (AvgIpc) is 2.49. The second kappa shape index (κ2) is 4.97. The molecule has 0 aromatic rings. The Labute approximate surface area is 92.6 Å². The van der Waals surface area contributed by atoms with Crippen molar-refractivity contribution in [2.45, 2.75) is 58.6 Å². The standard InChI is InChI=1S/C12H23NO2/c1-5-6-9-7-8-13-10(9)11(14)15-12(2,3)4/h9-10,13H,5-8H2,1-4H3. The molecule has 1 aliphatic rings. The number of ether oxygens (including phenoxy) is 1. The summed E-state index contributed by atoms with van der Waals surface area (Å²) in [6.45, 7) is 8.83. The first kappa shape index (κ1) is 12.5. The van der Waals surface area contributed by atoms with Crippen molar-refractivity contribution in [3.63, 3.8) is 0 Å². The Morgan fingerprint density at radius 2 is 2.13 bits per heavy atom. The molecule has 1 rings (SSSR count). The lowest BCUT2D eigenvalue weighted by molar-refractivity contribution is -0.158. The van der Waals surface area contributed by atoms with Gasteiger partial charge in [0.25, 0.3) is 0 Å². The maximum absolute atomic E-state index is 11.9. The minimum absolute atomic E-state index is 0.0795. The zero-order valence-electron chi connectivity index (χ0n) is 10.3. The third kappa shape index (κ3) is 3.82. The molecule has 0 amide bonds. The van der Waals surface area contributed by atoms with Crippen LogP contribution in [0.5, 0.6) is 0 Å². The van der Waals surface area contributed by atoms with E-state index in [1.807, 2.05) is 20.8 Å². The van der Waals surface area contributed by atoms with E-state index < -0.39 is 0 Å². The lowest BCUT2D eigenvalue weighted by Crippen LogP contribution is -2.40. The van der Waals surface area contributed by atoms with Crippen LogP contribution in [-0.2, 0) is 9.53 Å². The number of carbonyl (C=O) groups is 1. The molecule has 15 heavy (non-hydrogen) atoms. The summed E-state index contributed by atoms with van der Waals surface area (Å²) in [4.78, 5) is 11.9. The summed E-state index contributed by atoms with van der Waals surface area (Å²) < 4.78 is 5.40. The van der Waals surface area contributed by atoms with Crippen molar-refractivity contribution in [1.29, 1.82) is 0 Å². The van der Waals surface area contributed by atoms with Crippen molar-refractivity contribution in [1.82, 2.24) is 5.32 Å². The molecule has 0 radical (unpaired) electrons.